The van der Waals surface area contributed by atoms with Gasteiger partial charge in [-0.25, -0.2) is 0 Å². The third-order valence-electron chi connectivity index (χ3n) is 1.39. The maximum absolute atomic E-state index is 5.37. The SMILES string of the molecule is [c]1ccc2c(c1)OCCS2. The van der Waals surface area contributed by atoms with Gasteiger partial charge in [-0.1, -0.05) is 6.07 Å². The van der Waals surface area contributed by atoms with Crippen LogP contribution < -0.4 is 4.74 Å². The van der Waals surface area contributed by atoms with E-state index in [1.54, 1.807) is 0 Å². The first-order valence-electron chi connectivity index (χ1n) is 3.22. The first-order chi connectivity index (χ1) is 4.97. The average Bonchev–Trinajstić information content (AvgIpc) is 2.05. The lowest BCUT2D eigenvalue weighted by Gasteiger charge is -2.15. The summed E-state index contributed by atoms with van der Waals surface area (Å²) in [4.78, 5) is 1.24. The Morgan fingerprint density at radius 2 is 2.60 bits per heavy atom. The Morgan fingerprint density at radius 3 is 3.50 bits per heavy atom. The summed E-state index contributed by atoms with van der Waals surface area (Å²) in [5.74, 6) is 2.05. The number of thioether (sulfide) groups is 1. The molecule has 0 saturated carbocycles. The molecule has 1 heterocycles. The van der Waals surface area contributed by atoms with Gasteiger partial charge in [0.2, 0.25) is 0 Å². The number of benzene rings is 1. The normalized spacial score (nSPS) is 15.6. The molecular weight excluding hydrogens is 144 g/mol. The highest BCUT2D eigenvalue weighted by Gasteiger charge is 2.07. The smallest absolute Gasteiger partial charge is 0.133 e. The molecular formula is C8H7OS. The Hall–Kier alpha value is -0.630. The number of hydrogen-bond acceptors (Lipinski definition) is 2. The van der Waals surface area contributed by atoms with Gasteiger partial charge in [0.1, 0.15) is 5.75 Å². The van der Waals surface area contributed by atoms with E-state index >= 15 is 0 Å². The van der Waals surface area contributed by atoms with Gasteiger partial charge < -0.3 is 4.74 Å². The van der Waals surface area contributed by atoms with Crippen LogP contribution in [-0.4, -0.2) is 12.4 Å². The lowest BCUT2D eigenvalue weighted by atomic mass is 10.3. The van der Waals surface area contributed by atoms with Gasteiger partial charge in [0.25, 0.3) is 0 Å². The van der Waals surface area contributed by atoms with E-state index < -0.39 is 0 Å². The highest BCUT2D eigenvalue weighted by atomic mass is 32.2. The summed E-state index contributed by atoms with van der Waals surface area (Å²) < 4.78 is 5.37. The van der Waals surface area contributed by atoms with Crippen LogP contribution in [0.1, 0.15) is 0 Å². The van der Waals surface area contributed by atoms with Crippen LogP contribution >= 0.6 is 11.8 Å². The minimum Gasteiger partial charge on any atom is -0.492 e. The van der Waals surface area contributed by atoms with E-state index in [-0.39, 0.29) is 0 Å². The van der Waals surface area contributed by atoms with Gasteiger partial charge in [-0.2, -0.15) is 0 Å². The number of fused-ring (bicyclic) bond motifs is 1. The molecule has 0 aliphatic carbocycles. The molecule has 0 fully saturated rings. The molecule has 0 N–H and O–H groups in total. The van der Waals surface area contributed by atoms with Crippen LogP contribution in [0.4, 0.5) is 0 Å². The quantitative estimate of drug-likeness (QED) is 0.560. The maximum atomic E-state index is 5.37. The van der Waals surface area contributed by atoms with Crippen LogP contribution in [-0.2, 0) is 0 Å². The van der Waals surface area contributed by atoms with Gasteiger partial charge in [0, 0.05) is 10.6 Å². The molecule has 2 rings (SSSR count). The summed E-state index contributed by atoms with van der Waals surface area (Å²) in [5.41, 5.74) is 0. The van der Waals surface area contributed by atoms with E-state index in [1.807, 2.05) is 30.0 Å². The molecule has 0 unspecified atom stereocenters. The van der Waals surface area contributed by atoms with Crippen molar-refractivity contribution in [2.24, 2.45) is 0 Å². The van der Waals surface area contributed by atoms with Crippen molar-refractivity contribution >= 4 is 11.8 Å². The fraction of sp³-hybridized carbons (Fsp3) is 0.250. The van der Waals surface area contributed by atoms with Crippen LogP contribution in [0, 0.1) is 6.07 Å². The third-order valence-corrected chi connectivity index (χ3v) is 2.41. The zero-order valence-electron chi connectivity index (χ0n) is 5.46. The number of rotatable bonds is 0. The predicted octanol–water partition coefficient (Wildman–Crippen LogP) is 1.97. The van der Waals surface area contributed by atoms with E-state index in [0.717, 1.165) is 18.1 Å². The molecule has 1 aliphatic rings. The lowest BCUT2D eigenvalue weighted by molar-refractivity contribution is 0.330. The molecule has 0 spiro atoms. The summed E-state index contributed by atoms with van der Waals surface area (Å²) in [6.45, 7) is 0.829. The topological polar surface area (TPSA) is 9.23 Å². The standard InChI is InChI=1S/C8H7OS/c1-2-4-8-7(3-1)9-5-6-10-8/h2-4H,5-6H2. The fourth-order valence-electron chi connectivity index (χ4n) is 0.936. The Kier molecular flexibility index (Phi) is 1.55. The summed E-state index contributed by atoms with van der Waals surface area (Å²) >= 11 is 1.84. The van der Waals surface area contributed by atoms with Crippen molar-refractivity contribution in [1.82, 2.24) is 0 Å². The van der Waals surface area contributed by atoms with Gasteiger partial charge >= 0.3 is 0 Å². The van der Waals surface area contributed by atoms with E-state index in [1.165, 1.54) is 4.90 Å². The van der Waals surface area contributed by atoms with Crippen molar-refractivity contribution in [1.29, 1.82) is 0 Å². The summed E-state index contributed by atoms with van der Waals surface area (Å²) in [7, 11) is 0. The van der Waals surface area contributed by atoms with Crippen molar-refractivity contribution in [3.63, 3.8) is 0 Å². The molecule has 1 nitrogen and oxygen atoms in total. The molecule has 51 valence electrons. The van der Waals surface area contributed by atoms with Crippen LogP contribution in [0.25, 0.3) is 0 Å². The van der Waals surface area contributed by atoms with Crippen molar-refractivity contribution < 1.29 is 4.74 Å². The van der Waals surface area contributed by atoms with Crippen molar-refractivity contribution in [3.8, 4) is 5.75 Å². The second kappa shape index (κ2) is 2.54. The lowest BCUT2D eigenvalue weighted by Crippen LogP contribution is -2.05. The van der Waals surface area contributed by atoms with Gasteiger partial charge in [0.15, 0.2) is 0 Å². The molecule has 0 aromatic heterocycles. The molecule has 10 heavy (non-hydrogen) atoms. The third kappa shape index (κ3) is 0.991. The molecule has 0 atom stereocenters. The highest BCUT2D eigenvalue weighted by Crippen LogP contribution is 2.31. The maximum Gasteiger partial charge on any atom is 0.133 e. The molecule has 1 radical (unpaired) electrons. The monoisotopic (exact) mass is 151 g/mol. The predicted molar refractivity (Wildman–Crippen MR) is 41.5 cm³/mol. The molecule has 0 bridgehead atoms. The zero-order valence-corrected chi connectivity index (χ0v) is 6.28. The zero-order chi connectivity index (χ0) is 6.81. The van der Waals surface area contributed by atoms with Gasteiger partial charge in [0.05, 0.1) is 6.61 Å². The number of hydrogen-bond donors (Lipinski definition) is 0. The van der Waals surface area contributed by atoms with Crippen LogP contribution in [0.2, 0.25) is 0 Å². The summed E-state index contributed by atoms with van der Waals surface area (Å²) in [6.07, 6.45) is 0. The van der Waals surface area contributed by atoms with E-state index in [0.29, 0.717) is 0 Å². The summed E-state index contributed by atoms with van der Waals surface area (Å²) in [6, 6.07) is 8.83. The molecule has 1 aromatic rings. The Morgan fingerprint density at radius 1 is 1.60 bits per heavy atom. The molecule has 0 amide bonds. The molecule has 2 heteroatoms. The Labute approximate surface area is 64.4 Å². The van der Waals surface area contributed by atoms with Gasteiger partial charge in [-0.3, -0.25) is 0 Å². The van der Waals surface area contributed by atoms with E-state index in [2.05, 4.69) is 6.07 Å². The Balaban J connectivity index is 2.41. The minimum atomic E-state index is 0.829. The minimum absolute atomic E-state index is 0.829. The molecule has 1 aromatic carbocycles. The van der Waals surface area contributed by atoms with Crippen molar-refractivity contribution in [2.75, 3.05) is 12.4 Å². The van der Waals surface area contributed by atoms with Crippen molar-refractivity contribution in [2.45, 2.75) is 4.90 Å². The second-order valence-corrected chi connectivity index (χ2v) is 3.21. The second-order valence-electron chi connectivity index (χ2n) is 2.07. The van der Waals surface area contributed by atoms with Crippen LogP contribution in [0.3, 0.4) is 0 Å². The van der Waals surface area contributed by atoms with E-state index in [4.69, 9.17) is 4.74 Å². The van der Waals surface area contributed by atoms with Crippen molar-refractivity contribution in [3.05, 3.63) is 24.3 Å². The van der Waals surface area contributed by atoms with Crippen LogP contribution in [0.15, 0.2) is 23.1 Å². The largest absolute Gasteiger partial charge is 0.492 e. The number of ether oxygens (including phenoxy) is 1. The fourth-order valence-corrected chi connectivity index (χ4v) is 1.75. The van der Waals surface area contributed by atoms with Gasteiger partial charge in [-0.15, -0.1) is 11.8 Å². The molecule has 0 saturated heterocycles. The highest BCUT2D eigenvalue weighted by molar-refractivity contribution is 7.99. The van der Waals surface area contributed by atoms with E-state index in [9.17, 15) is 0 Å². The molecule has 1 aliphatic heterocycles. The first kappa shape index (κ1) is 6.10. The Bertz CT molecular complexity index is 209. The first-order valence-corrected chi connectivity index (χ1v) is 4.21. The average molecular weight is 151 g/mol. The van der Waals surface area contributed by atoms with Gasteiger partial charge in [-0.05, 0) is 18.2 Å². The summed E-state index contributed by atoms with van der Waals surface area (Å²) in [5, 5.41) is 0. The van der Waals surface area contributed by atoms with Crippen LogP contribution in [0.5, 0.6) is 5.75 Å².